The average Bonchev–Trinajstić information content (AvgIpc) is 3.17. The van der Waals surface area contributed by atoms with Gasteiger partial charge in [0.15, 0.2) is 11.4 Å². The number of nitrogens with zero attached hydrogens (tertiary/aromatic N) is 4. The zero-order valence-electron chi connectivity index (χ0n) is 16.9. The molecule has 0 aliphatic rings. The Morgan fingerprint density at radius 1 is 1.03 bits per heavy atom. The van der Waals surface area contributed by atoms with E-state index in [-0.39, 0.29) is 23.1 Å². The van der Waals surface area contributed by atoms with Crippen LogP contribution in [0.4, 0.5) is 5.95 Å². The van der Waals surface area contributed by atoms with Crippen molar-refractivity contribution in [1.29, 1.82) is 0 Å². The molecule has 0 spiro atoms. The number of carboxylic acid groups (broad SMARTS) is 1. The predicted molar refractivity (Wildman–Crippen MR) is 107 cm³/mol. The van der Waals surface area contributed by atoms with Crippen LogP contribution in [0.15, 0.2) is 30.3 Å². The Morgan fingerprint density at radius 3 is 2.12 bits per heavy atom. The molecule has 1 atom stereocenters. The Hall–Kier alpha value is -4.59. The van der Waals surface area contributed by atoms with Gasteiger partial charge in [-0.1, -0.05) is 12.1 Å². The van der Waals surface area contributed by atoms with Crippen molar-refractivity contribution < 1.29 is 33.8 Å². The maximum Gasteiger partial charge on any atom is 0.356 e. The smallest absolute Gasteiger partial charge is 0.356 e. The first-order valence-corrected chi connectivity index (χ1v) is 8.67. The highest BCUT2D eigenvalue weighted by atomic mass is 16.5. The number of primary amides is 1. The Kier molecular flexibility index (Phi) is 7.36. The van der Waals surface area contributed by atoms with Crippen LogP contribution in [0.2, 0.25) is 0 Å². The van der Waals surface area contributed by atoms with Crippen molar-refractivity contribution in [2.24, 2.45) is 11.5 Å². The van der Waals surface area contributed by atoms with E-state index >= 15 is 0 Å². The number of methoxy groups -OCH3 is 2. The molecular weight excluding hydrogens is 426 g/mol. The summed E-state index contributed by atoms with van der Waals surface area (Å²) in [6, 6.07) is 6.39. The van der Waals surface area contributed by atoms with E-state index in [0.717, 1.165) is 17.7 Å². The summed E-state index contributed by atoms with van der Waals surface area (Å²) in [5.41, 5.74) is 16.4. The number of aromatic nitrogens is 4. The van der Waals surface area contributed by atoms with Crippen molar-refractivity contribution in [2.45, 2.75) is 6.04 Å². The van der Waals surface area contributed by atoms with Crippen LogP contribution < -0.4 is 17.2 Å². The molecule has 0 saturated heterocycles. The molecule has 0 fully saturated rings. The van der Waals surface area contributed by atoms with Gasteiger partial charge in [0.05, 0.1) is 19.8 Å². The van der Waals surface area contributed by atoms with Gasteiger partial charge in [-0.25, -0.2) is 19.4 Å². The quantitative estimate of drug-likeness (QED) is 0.352. The molecule has 7 N–H and O–H groups in total. The van der Waals surface area contributed by atoms with Gasteiger partial charge in [0.25, 0.3) is 5.78 Å². The largest absolute Gasteiger partial charge is 0.477 e. The van der Waals surface area contributed by atoms with Gasteiger partial charge in [0.2, 0.25) is 11.9 Å². The number of carbonyl (C=O) groups is 4. The van der Waals surface area contributed by atoms with Crippen LogP contribution in [0.3, 0.4) is 0 Å². The minimum Gasteiger partial charge on any atom is -0.477 e. The molecule has 0 aliphatic carbocycles. The maximum atomic E-state index is 11.4. The van der Waals surface area contributed by atoms with Crippen LogP contribution in [0.25, 0.3) is 5.78 Å². The fourth-order valence-electron chi connectivity index (χ4n) is 2.35. The van der Waals surface area contributed by atoms with E-state index in [1.807, 2.05) is 0 Å². The number of fused-ring (bicyclic) bond motifs is 1. The predicted octanol–water partition coefficient (Wildman–Crippen LogP) is -0.850. The molecule has 1 aromatic carbocycles. The van der Waals surface area contributed by atoms with E-state index in [9.17, 15) is 19.2 Å². The summed E-state index contributed by atoms with van der Waals surface area (Å²) in [5.74, 6) is -3.30. The van der Waals surface area contributed by atoms with Crippen molar-refractivity contribution in [3.05, 3.63) is 52.8 Å². The Bertz CT molecular complexity index is 1170. The van der Waals surface area contributed by atoms with Gasteiger partial charge >= 0.3 is 17.9 Å². The zero-order valence-corrected chi connectivity index (χ0v) is 16.9. The summed E-state index contributed by atoms with van der Waals surface area (Å²) >= 11 is 0. The molecule has 0 saturated carbocycles. The fraction of sp³-hybridized carbons (Fsp3) is 0.167. The maximum absolute atomic E-state index is 11.4. The molecule has 168 valence electrons. The summed E-state index contributed by atoms with van der Waals surface area (Å²) in [5, 5.41) is 12.5. The van der Waals surface area contributed by atoms with Gasteiger partial charge in [-0.15, -0.1) is 5.10 Å². The molecule has 3 rings (SSSR count). The monoisotopic (exact) mass is 445 g/mol. The van der Waals surface area contributed by atoms with E-state index in [4.69, 9.17) is 22.3 Å². The SMILES string of the molecule is COC(=O)c1cc(C(=O)O)nc2nc(N)nn12.COC(=O)c1ccc([C@@H](N)C(N)=O)cc1. The molecule has 0 aliphatic heterocycles. The van der Waals surface area contributed by atoms with E-state index in [2.05, 4.69) is 24.5 Å². The lowest BCUT2D eigenvalue weighted by molar-refractivity contribution is -0.119. The number of nitrogen functional groups attached to an aromatic ring is 1. The van der Waals surface area contributed by atoms with Gasteiger partial charge in [-0.3, -0.25) is 4.79 Å². The highest BCUT2D eigenvalue weighted by molar-refractivity contribution is 5.93. The second-order valence-corrected chi connectivity index (χ2v) is 6.00. The summed E-state index contributed by atoms with van der Waals surface area (Å²) in [6.07, 6.45) is 0. The Morgan fingerprint density at radius 2 is 1.62 bits per heavy atom. The minimum absolute atomic E-state index is 0.0807. The summed E-state index contributed by atoms with van der Waals surface area (Å²) in [7, 11) is 2.46. The molecule has 14 nitrogen and oxygen atoms in total. The second kappa shape index (κ2) is 9.94. The topological polar surface area (TPSA) is 228 Å². The first-order chi connectivity index (χ1) is 15.1. The zero-order chi connectivity index (χ0) is 24.0. The van der Waals surface area contributed by atoms with E-state index in [1.165, 1.54) is 19.2 Å². The number of carbonyl (C=O) groups excluding carboxylic acids is 3. The number of rotatable bonds is 5. The summed E-state index contributed by atoms with van der Waals surface area (Å²) < 4.78 is 10.0. The van der Waals surface area contributed by atoms with Gasteiger partial charge in [0, 0.05) is 6.07 Å². The van der Waals surface area contributed by atoms with E-state index in [1.54, 1.807) is 12.1 Å². The van der Waals surface area contributed by atoms with Gasteiger partial charge in [-0.05, 0) is 17.7 Å². The van der Waals surface area contributed by atoms with Gasteiger partial charge in [-0.2, -0.15) is 9.50 Å². The Balaban J connectivity index is 0.000000229. The van der Waals surface area contributed by atoms with Crippen LogP contribution in [-0.2, 0) is 14.3 Å². The lowest BCUT2D eigenvalue weighted by Crippen LogP contribution is -2.28. The molecule has 0 bridgehead atoms. The van der Waals surface area contributed by atoms with Crippen LogP contribution in [0, 0.1) is 0 Å². The number of ether oxygens (including phenoxy) is 2. The summed E-state index contributed by atoms with van der Waals surface area (Å²) in [4.78, 5) is 51.5. The number of hydrogen-bond donors (Lipinski definition) is 4. The highest BCUT2D eigenvalue weighted by Crippen LogP contribution is 2.12. The molecule has 14 heteroatoms. The molecule has 32 heavy (non-hydrogen) atoms. The third-order valence-corrected chi connectivity index (χ3v) is 3.94. The molecule has 2 aromatic heterocycles. The Labute approximate surface area is 179 Å². The molecule has 2 heterocycles. The second-order valence-electron chi connectivity index (χ2n) is 6.00. The lowest BCUT2D eigenvalue weighted by atomic mass is 10.1. The van der Waals surface area contributed by atoms with Crippen LogP contribution in [0.1, 0.15) is 42.9 Å². The minimum atomic E-state index is -1.29. The van der Waals surface area contributed by atoms with Crippen molar-refractivity contribution in [3.8, 4) is 0 Å². The van der Waals surface area contributed by atoms with Crippen molar-refractivity contribution >= 4 is 35.5 Å². The number of nitrogens with two attached hydrogens (primary N) is 3. The molecule has 1 amide bonds. The molecule has 0 radical (unpaired) electrons. The van der Waals surface area contributed by atoms with E-state index < -0.39 is 29.9 Å². The number of benzene rings is 1. The number of anilines is 1. The number of hydrogen-bond acceptors (Lipinski definition) is 11. The highest BCUT2D eigenvalue weighted by Gasteiger charge is 2.19. The van der Waals surface area contributed by atoms with Crippen LogP contribution in [-0.4, -0.2) is 62.7 Å². The number of esters is 2. The van der Waals surface area contributed by atoms with Crippen LogP contribution in [0.5, 0.6) is 0 Å². The van der Waals surface area contributed by atoms with Crippen molar-refractivity contribution in [2.75, 3.05) is 20.0 Å². The number of aromatic carboxylic acids is 1. The van der Waals surface area contributed by atoms with Gasteiger partial charge < -0.3 is 31.8 Å². The first kappa shape index (κ1) is 23.7. The number of amides is 1. The first-order valence-electron chi connectivity index (χ1n) is 8.67. The normalized spacial score (nSPS) is 11.1. The van der Waals surface area contributed by atoms with Gasteiger partial charge in [0.1, 0.15) is 6.04 Å². The molecule has 3 aromatic rings. The standard InChI is InChI=1S/C10H12N2O3.C8H7N5O4/c1-15-10(14)7-4-2-6(3-5-7)8(11)9(12)13;1-17-6(16)4-2-3(5(14)15)10-8-11-7(9)12-13(4)8/h2-5,8H,11H2,1H3,(H2,12,13);2H,1H3,(H2,9,12)(H,14,15)/t8-;/m1./s1. The van der Waals surface area contributed by atoms with Crippen LogP contribution >= 0.6 is 0 Å². The lowest BCUT2D eigenvalue weighted by Gasteiger charge is -2.07. The third kappa shape index (κ3) is 5.31. The van der Waals surface area contributed by atoms with E-state index in [0.29, 0.717) is 11.1 Å². The number of carboxylic acids is 1. The fourth-order valence-corrected chi connectivity index (χ4v) is 2.35. The third-order valence-electron chi connectivity index (χ3n) is 3.94. The summed E-state index contributed by atoms with van der Waals surface area (Å²) in [6.45, 7) is 0. The van der Waals surface area contributed by atoms with Crippen molar-refractivity contribution in [3.63, 3.8) is 0 Å². The average molecular weight is 445 g/mol. The molecule has 0 unspecified atom stereocenters. The van der Waals surface area contributed by atoms with Crippen molar-refractivity contribution in [1.82, 2.24) is 19.6 Å². The molecular formula is C18H19N7O7.